The third-order valence-electron chi connectivity index (χ3n) is 4.06. The van der Waals surface area contributed by atoms with Gasteiger partial charge in [-0.25, -0.2) is 8.42 Å². The molecule has 1 saturated carbocycles. The highest BCUT2D eigenvalue weighted by molar-refractivity contribution is 7.91. The second kappa shape index (κ2) is 6.06. The number of nitrogens with one attached hydrogen (secondary N) is 1. The van der Waals surface area contributed by atoms with Crippen molar-refractivity contribution < 1.29 is 8.42 Å². The zero-order valence-electron chi connectivity index (χ0n) is 11.7. The molecule has 0 spiro atoms. The molecule has 0 heterocycles. The topological polar surface area (TPSA) is 46.2 Å². The summed E-state index contributed by atoms with van der Waals surface area (Å²) in [6, 6.07) is 8.49. The summed E-state index contributed by atoms with van der Waals surface area (Å²) < 4.78 is 23.4. The monoisotopic (exact) mass is 281 g/mol. The molecule has 0 amide bonds. The lowest BCUT2D eigenvalue weighted by molar-refractivity contribution is 0.510. The maximum absolute atomic E-state index is 11.7. The van der Waals surface area contributed by atoms with Crippen LogP contribution in [-0.2, 0) is 16.3 Å². The SMILES string of the molecule is Cc1ccccc1CCNC1CCCC1S(C)(=O)=O. The maximum atomic E-state index is 11.7. The number of benzene rings is 1. The van der Waals surface area contributed by atoms with Crippen molar-refractivity contribution in [3.05, 3.63) is 35.4 Å². The zero-order chi connectivity index (χ0) is 13.9. The van der Waals surface area contributed by atoms with Crippen molar-refractivity contribution in [1.82, 2.24) is 5.32 Å². The Kier molecular flexibility index (Phi) is 4.63. The molecule has 1 aromatic carbocycles. The first-order valence-corrected chi connectivity index (χ1v) is 8.90. The van der Waals surface area contributed by atoms with Crippen LogP contribution in [0.5, 0.6) is 0 Å². The van der Waals surface area contributed by atoms with E-state index in [1.54, 1.807) is 0 Å². The smallest absolute Gasteiger partial charge is 0.151 e. The van der Waals surface area contributed by atoms with Crippen LogP contribution in [0.3, 0.4) is 0 Å². The molecule has 0 radical (unpaired) electrons. The van der Waals surface area contributed by atoms with Gasteiger partial charge in [-0.3, -0.25) is 0 Å². The van der Waals surface area contributed by atoms with Gasteiger partial charge < -0.3 is 5.32 Å². The van der Waals surface area contributed by atoms with Crippen molar-refractivity contribution in [3.8, 4) is 0 Å². The number of hydrogen-bond acceptors (Lipinski definition) is 3. The molecule has 1 aliphatic rings. The van der Waals surface area contributed by atoms with Crippen LogP contribution in [0.2, 0.25) is 0 Å². The number of rotatable bonds is 5. The van der Waals surface area contributed by atoms with Gasteiger partial charge >= 0.3 is 0 Å². The first-order chi connectivity index (χ1) is 8.98. The fraction of sp³-hybridized carbons (Fsp3) is 0.600. The van der Waals surface area contributed by atoms with Gasteiger partial charge in [0, 0.05) is 12.3 Å². The zero-order valence-corrected chi connectivity index (χ0v) is 12.5. The van der Waals surface area contributed by atoms with E-state index in [0.717, 1.165) is 32.2 Å². The van der Waals surface area contributed by atoms with Gasteiger partial charge in [-0.2, -0.15) is 0 Å². The van der Waals surface area contributed by atoms with E-state index in [0.29, 0.717) is 0 Å². The minimum Gasteiger partial charge on any atom is -0.312 e. The molecule has 4 heteroatoms. The Morgan fingerprint density at radius 3 is 2.68 bits per heavy atom. The van der Waals surface area contributed by atoms with Gasteiger partial charge in [0.1, 0.15) is 0 Å². The van der Waals surface area contributed by atoms with Gasteiger partial charge in [-0.15, -0.1) is 0 Å². The summed E-state index contributed by atoms with van der Waals surface area (Å²) in [5.74, 6) is 0. The molecule has 0 aliphatic heterocycles. The maximum Gasteiger partial charge on any atom is 0.151 e. The molecular formula is C15H23NO2S. The van der Waals surface area contributed by atoms with Gasteiger partial charge in [0.05, 0.1) is 5.25 Å². The summed E-state index contributed by atoms with van der Waals surface area (Å²) in [6.45, 7) is 2.96. The van der Waals surface area contributed by atoms with Crippen LogP contribution in [-0.4, -0.2) is 32.5 Å². The average molecular weight is 281 g/mol. The normalized spacial score (nSPS) is 23.7. The average Bonchev–Trinajstić information content (AvgIpc) is 2.80. The van der Waals surface area contributed by atoms with Crippen molar-refractivity contribution in [1.29, 1.82) is 0 Å². The van der Waals surface area contributed by atoms with Gasteiger partial charge in [-0.05, 0) is 43.9 Å². The van der Waals surface area contributed by atoms with Crippen molar-refractivity contribution in [2.45, 2.75) is 43.9 Å². The molecule has 0 bridgehead atoms. The van der Waals surface area contributed by atoms with E-state index in [1.165, 1.54) is 17.4 Å². The summed E-state index contributed by atoms with van der Waals surface area (Å²) in [7, 11) is -2.92. The highest BCUT2D eigenvalue weighted by Crippen LogP contribution is 2.25. The fourth-order valence-corrected chi connectivity index (χ4v) is 4.38. The van der Waals surface area contributed by atoms with E-state index in [9.17, 15) is 8.42 Å². The molecule has 1 aromatic rings. The standard InChI is InChI=1S/C15H23NO2S/c1-12-6-3-4-7-13(12)10-11-16-14-8-5-9-15(14)19(2,17)18/h3-4,6-7,14-16H,5,8-11H2,1-2H3. The molecule has 1 N–H and O–H groups in total. The van der Waals surface area contributed by atoms with E-state index < -0.39 is 9.84 Å². The van der Waals surface area contributed by atoms with Crippen LogP contribution >= 0.6 is 0 Å². The lowest BCUT2D eigenvalue weighted by Gasteiger charge is -2.19. The molecule has 2 rings (SSSR count). The quantitative estimate of drug-likeness (QED) is 0.899. The van der Waals surface area contributed by atoms with Crippen LogP contribution < -0.4 is 5.32 Å². The van der Waals surface area contributed by atoms with Crippen LogP contribution in [0.25, 0.3) is 0 Å². The van der Waals surface area contributed by atoms with Crippen molar-refractivity contribution in [2.75, 3.05) is 12.8 Å². The summed E-state index contributed by atoms with van der Waals surface area (Å²) in [5.41, 5.74) is 2.64. The summed E-state index contributed by atoms with van der Waals surface area (Å²) in [5, 5.41) is 3.24. The third-order valence-corrected chi connectivity index (χ3v) is 5.73. The lowest BCUT2D eigenvalue weighted by Crippen LogP contribution is -2.40. The number of hydrogen-bond donors (Lipinski definition) is 1. The highest BCUT2D eigenvalue weighted by atomic mass is 32.2. The Morgan fingerprint density at radius 2 is 2.00 bits per heavy atom. The first-order valence-electron chi connectivity index (χ1n) is 6.95. The molecular weight excluding hydrogens is 258 g/mol. The van der Waals surface area contributed by atoms with Gasteiger partial charge in [-0.1, -0.05) is 30.7 Å². The largest absolute Gasteiger partial charge is 0.312 e. The van der Waals surface area contributed by atoms with Gasteiger partial charge in [0.2, 0.25) is 0 Å². The molecule has 106 valence electrons. The first kappa shape index (κ1) is 14.5. The van der Waals surface area contributed by atoms with Crippen LogP contribution in [0.4, 0.5) is 0 Å². The predicted molar refractivity (Wildman–Crippen MR) is 79.2 cm³/mol. The minimum atomic E-state index is -2.92. The van der Waals surface area contributed by atoms with E-state index in [-0.39, 0.29) is 11.3 Å². The second-order valence-corrected chi connectivity index (χ2v) is 7.80. The minimum absolute atomic E-state index is 0.138. The molecule has 1 fully saturated rings. The van der Waals surface area contributed by atoms with E-state index in [2.05, 4.69) is 30.4 Å². The van der Waals surface area contributed by atoms with Crippen LogP contribution in [0.1, 0.15) is 30.4 Å². The third kappa shape index (κ3) is 3.80. The van der Waals surface area contributed by atoms with Crippen molar-refractivity contribution in [2.24, 2.45) is 0 Å². The number of sulfone groups is 1. The molecule has 19 heavy (non-hydrogen) atoms. The van der Waals surface area contributed by atoms with E-state index in [4.69, 9.17) is 0 Å². The van der Waals surface area contributed by atoms with Crippen LogP contribution in [0, 0.1) is 6.92 Å². The molecule has 2 unspecified atom stereocenters. The molecule has 2 atom stereocenters. The highest BCUT2D eigenvalue weighted by Gasteiger charge is 2.34. The second-order valence-electron chi connectivity index (χ2n) is 5.54. The predicted octanol–water partition coefficient (Wildman–Crippen LogP) is 2.09. The van der Waals surface area contributed by atoms with Crippen molar-refractivity contribution in [3.63, 3.8) is 0 Å². The summed E-state index contributed by atoms with van der Waals surface area (Å²) in [4.78, 5) is 0. The summed E-state index contributed by atoms with van der Waals surface area (Å²) >= 11 is 0. The Hall–Kier alpha value is -0.870. The van der Waals surface area contributed by atoms with Crippen molar-refractivity contribution >= 4 is 9.84 Å². The van der Waals surface area contributed by atoms with E-state index >= 15 is 0 Å². The number of aryl methyl sites for hydroxylation is 1. The van der Waals surface area contributed by atoms with Gasteiger partial charge in [0.25, 0.3) is 0 Å². The Morgan fingerprint density at radius 1 is 1.26 bits per heavy atom. The Labute approximate surface area is 116 Å². The van der Waals surface area contributed by atoms with Crippen LogP contribution in [0.15, 0.2) is 24.3 Å². The molecule has 0 saturated heterocycles. The molecule has 1 aliphatic carbocycles. The Bertz CT molecular complexity index is 525. The molecule has 0 aromatic heterocycles. The molecule has 3 nitrogen and oxygen atoms in total. The summed E-state index contributed by atoms with van der Waals surface area (Å²) in [6.07, 6.45) is 5.12. The lowest BCUT2D eigenvalue weighted by atomic mass is 10.1. The fourth-order valence-electron chi connectivity index (χ4n) is 2.95. The van der Waals surface area contributed by atoms with Gasteiger partial charge in [0.15, 0.2) is 9.84 Å². The Balaban J connectivity index is 1.88. The van der Waals surface area contributed by atoms with E-state index in [1.807, 2.05) is 6.07 Å².